The molecule has 2 aromatic rings. The molecule has 1 atom stereocenters. The van der Waals surface area contributed by atoms with E-state index >= 15 is 0 Å². The van der Waals surface area contributed by atoms with E-state index in [1.807, 2.05) is 12.1 Å². The highest BCUT2D eigenvalue weighted by atomic mass is 16.3. The molecule has 0 saturated heterocycles. The van der Waals surface area contributed by atoms with Crippen LogP contribution in [0.5, 0.6) is 0 Å². The summed E-state index contributed by atoms with van der Waals surface area (Å²) in [6.45, 7) is 0. The zero-order valence-electron chi connectivity index (χ0n) is 9.28. The normalized spacial score (nSPS) is 12.1. The van der Waals surface area contributed by atoms with Crippen LogP contribution in [-0.4, -0.2) is 22.0 Å². The Morgan fingerprint density at radius 1 is 1.18 bits per heavy atom. The number of carbonyl (C=O) groups is 1. The molecule has 1 N–H and O–H groups in total. The molecule has 0 amide bonds. The molecule has 1 heterocycles. The Bertz CT molecular complexity index is 482. The van der Waals surface area contributed by atoms with Crippen molar-refractivity contribution in [3.63, 3.8) is 0 Å². The van der Waals surface area contributed by atoms with Gasteiger partial charge < -0.3 is 5.11 Å². The zero-order chi connectivity index (χ0) is 12.1. The number of aromatic nitrogens is 1. The number of rotatable bonds is 4. The van der Waals surface area contributed by atoms with Crippen LogP contribution in [0.15, 0.2) is 54.9 Å². The van der Waals surface area contributed by atoms with Gasteiger partial charge in [0.15, 0.2) is 5.78 Å². The van der Waals surface area contributed by atoms with Gasteiger partial charge in [0.2, 0.25) is 0 Å². The quantitative estimate of drug-likeness (QED) is 0.811. The number of benzene rings is 1. The van der Waals surface area contributed by atoms with Gasteiger partial charge in [0.25, 0.3) is 0 Å². The third-order valence-corrected chi connectivity index (χ3v) is 2.51. The smallest absolute Gasteiger partial charge is 0.191 e. The predicted molar refractivity (Wildman–Crippen MR) is 64.7 cm³/mol. The van der Waals surface area contributed by atoms with Gasteiger partial charge in [0, 0.05) is 24.4 Å². The van der Waals surface area contributed by atoms with Crippen molar-refractivity contribution in [1.82, 2.24) is 4.98 Å². The van der Waals surface area contributed by atoms with Crippen molar-refractivity contribution in [3.05, 3.63) is 66.0 Å². The second-order valence-corrected chi connectivity index (χ2v) is 3.81. The summed E-state index contributed by atoms with van der Waals surface area (Å²) < 4.78 is 0. The lowest BCUT2D eigenvalue weighted by atomic mass is 10.0. The molecule has 1 aromatic carbocycles. The summed E-state index contributed by atoms with van der Waals surface area (Å²) in [5.41, 5.74) is 1.38. The van der Waals surface area contributed by atoms with Gasteiger partial charge in [-0.05, 0) is 11.6 Å². The van der Waals surface area contributed by atoms with Gasteiger partial charge in [-0.2, -0.15) is 0 Å². The van der Waals surface area contributed by atoms with Gasteiger partial charge in [-0.15, -0.1) is 0 Å². The Morgan fingerprint density at radius 3 is 2.59 bits per heavy atom. The van der Waals surface area contributed by atoms with E-state index in [9.17, 15) is 9.90 Å². The molecule has 3 heteroatoms. The molecule has 0 spiro atoms. The van der Waals surface area contributed by atoms with Crippen LogP contribution in [0.25, 0.3) is 0 Å². The van der Waals surface area contributed by atoms with E-state index in [1.54, 1.807) is 42.7 Å². The lowest BCUT2D eigenvalue weighted by Crippen LogP contribution is -2.23. The lowest BCUT2D eigenvalue weighted by molar-refractivity contribution is 0.0748. The number of nitrogens with zero attached hydrogens (tertiary/aromatic N) is 1. The molecule has 17 heavy (non-hydrogen) atoms. The van der Waals surface area contributed by atoms with Crippen molar-refractivity contribution in [2.45, 2.75) is 12.5 Å². The molecule has 0 fully saturated rings. The first kappa shape index (κ1) is 11.5. The highest BCUT2D eigenvalue weighted by molar-refractivity contribution is 5.99. The summed E-state index contributed by atoms with van der Waals surface area (Å²) in [7, 11) is 0. The number of hydrogen-bond donors (Lipinski definition) is 1. The van der Waals surface area contributed by atoms with Crippen molar-refractivity contribution in [2.75, 3.05) is 0 Å². The standard InChI is InChI=1S/C14H13NO2/c16-13(9-11-5-4-8-15-10-11)14(17)12-6-2-1-3-7-12/h1-8,10,13,16H,9H2. The number of pyridine rings is 1. The molecule has 86 valence electrons. The van der Waals surface area contributed by atoms with Crippen LogP contribution in [0.1, 0.15) is 15.9 Å². The summed E-state index contributed by atoms with van der Waals surface area (Å²) >= 11 is 0. The minimum Gasteiger partial charge on any atom is -0.385 e. The molecule has 0 bridgehead atoms. The van der Waals surface area contributed by atoms with Crippen molar-refractivity contribution >= 4 is 5.78 Å². The molecule has 0 aliphatic carbocycles. The Balaban J connectivity index is 2.06. The first-order chi connectivity index (χ1) is 8.27. The second-order valence-electron chi connectivity index (χ2n) is 3.81. The summed E-state index contributed by atoms with van der Waals surface area (Å²) in [6.07, 6.45) is 2.60. The summed E-state index contributed by atoms with van der Waals surface area (Å²) in [4.78, 5) is 15.8. The van der Waals surface area contributed by atoms with Crippen molar-refractivity contribution in [2.24, 2.45) is 0 Å². The predicted octanol–water partition coefficient (Wildman–Crippen LogP) is 1.87. The second kappa shape index (κ2) is 5.37. The zero-order valence-corrected chi connectivity index (χ0v) is 9.28. The third kappa shape index (κ3) is 2.98. The molecule has 0 saturated carbocycles. The summed E-state index contributed by atoms with van der Waals surface area (Å²) in [6, 6.07) is 12.4. The van der Waals surface area contributed by atoms with Gasteiger partial charge in [0.1, 0.15) is 6.10 Å². The minimum atomic E-state index is -1.01. The van der Waals surface area contributed by atoms with E-state index in [-0.39, 0.29) is 5.78 Å². The molecule has 2 rings (SSSR count). The fourth-order valence-corrected chi connectivity index (χ4v) is 1.63. The third-order valence-electron chi connectivity index (χ3n) is 2.51. The van der Waals surface area contributed by atoms with Crippen molar-refractivity contribution in [3.8, 4) is 0 Å². The average Bonchev–Trinajstić information content (AvgIpc) is 2.40. The Morgan fingerprint density at radius 2 is 1.94 bits per heavy atom. The van der Waals surface area contributed by atoms with Crippen LogP contribution in [0.3, 0.4) is 0 Å². The molecule has 0 aliphatic rings. The fraction of sp³-hybridized carbons (Fsp3) is 0.143. The Labute approximate surface area is 99.8 Å². The Hall–Kier alpha value is -2.00. The van der Waals surface area contributed by atoms with E-state index in [0.717, 1.165) is 5.56 Å². The monoisotopic (exact) mass is 227 g/mol. The summed E-state index contributed by atoms with van der Waals surface area (Å²) in [5, 5.41) is 9.85. The molecule has 1 unspecified atom stereocenters. The lowest BCUT2D eigenvalue weighted by Gasteiger charge is -2.09. The SMILES string of the molecule is O=C(c1ccccc1)C(O)Cc1cccnc1. The van der Waals surface area contributed by atoms with Gasteiger partial charge in [0.05, 0.1) is 0 Å². The van der Waals surface area contributed by atoms with Gasteiger partial charge in [-0.3, -0.25) is 9.78 Å². The van der Waals surface area contributed by atoms with Crippen LogP contribution in [0, 0.1) is 0 Å². The number of aliphatic hydroxyl groups is 1. The van der Waals surface area contributed by atoms with E-state index in [0.29, 0.717) is 12.0 Å². The molecular formula is C14H13NO2. The minimum absolute atomic E-state index is 0.255. The van der Waals surface area contributed by atoms with Gasteiger partial charge in [-0.25, -0.2) is 0 Å². The van der Waals surface area contributed by atoms with E-state index < -0.39 is 6.10 Å². The maximum absolute atomic E-state index is 11.9. The number of hydrogen-bond acceptors (Lipinski definition) is 3. The van der Waals surface area contributed by atoms with Crippen LogP contribution >= 0.6 is 0 Å². The first-order valence-corrected chi connectivity index (χ1v) is 5.43. The molecule has 0 radical (unpaired) electrons. The highest BCUT2D eigenvalue weighted by Gasteiger charge is 2.17. The maximum atomic E-state index is 11.9. The van der Waals surface area contributed by atoms with Crippen molar-refractivity contribution in [1.29, 1.82) is 0 Å². The van der Waals surface area contributed by atoms with Crippen LogP contribution in [0.2, 0.25) is 0 Å². The van der Waals surface area contributed by atoms with Gasteiger partial charge in [-0.1, -0.05) is 36.4 Å². The largest absolute Gasteiger partial charge is 0.385 e. The van der Waals surface area contributed by atoms with Crippen LogP contribution < -0.4 is 0 Å². The van der Waals surface area contributed by atoms with E-state index in [1.165, 1.54) is 0 Å². The molecular weight excluding hydrogens is 214 g/mol. The number of carbonyl (C=O) groups excluding carboxylic acids is 1. The fourth-order valence-electron chi connectivity index (χ4n) is 1.63. The molecule has 0 aliphatic heterocycles. The Kier molecular flexibility index (Phi) is 3.62. The van der Waals surface area contributed by atoms with Crippen LogP contribution in [-0.2, 0) is 6.42 Å². The van der Waals surface area contributed by atoms with Gasteiger partial charge >= 0.3 is 0 Å². The van der Waals surface area contributed by atoms with Crippen LogP contribution in [0.4, 0.5) is 0 Å². The molecule has 1 aromatic heterocycles. The topological polar surface area (TPSA) is 50.2 Å². The number of ketones is 1. The first-order valence-electron chi connectivity index (χ1n) is 5.43. The van der Waals surface area contributed by atoms with E-state index in [2.05, 4.69) is 4.98 Å². The number of Topliss-reactive ketones (excluding diaryl/α,β-unsaturated/α-hetero) is 1. The maximum Gasteiger partial charge on any atom is 0.191 e. The molecule has 3 nitrogen and oxygen atoms in total. The van der Waals surface area contributed by atoms with Crippen molar-refractivity contribution < 1.29 is 9.90 Å². The average molecular weight is 227 g/mol. The number of aliphatic hydroxyl groups excluding tert-OH is 1. The van der Waals surface area contributed by atoms with E-state index in [4.69, 9.17) is 0 Å². The summed E-state index contributed by atoms with van der Waals surface area (Å²) in [5.74, 6) is -0.255. The highest BCUT2D eigenvalue weighted by Crippen LogP contribution is 2.08.